The molecule has 0 saturated carbocycles. The number of carbonyl (C=O) groups excluding carboxylic acids is 1. The second-order valence-corrected chi connectivity index (χ2v) is 5.28. The van der Waals surface area contributed by atoms with Crippen LogP contribution in [0.5, 0.6) is 0 Å². The number of rotatable bonds is 5. The van der Waals surface area contributed by atoms with Crippen molar-refractivity contribution < 1.29 is 14.6 Å². The largest absolute Gasteiger partial charge is 0.462 e. The molecule has 0 aromatic carbocycles. The summed E-state index contributed by atoms with van der Waals surface area (Å²) < 4.78 is 4.90. The Morgan fingerprint density at radius 3 is 2.72 bits per heavy atom. The van der Waals surface area contributed by atoms with Crippen molar-refractivity contribution in [1.29, 1.82) is 0 Å². The number of nitrogens with zero attached hydrogens (tertiary/aromatic N) is 2. The minimum atomic E-state index is -0.441. The first-order chi connectivity index (χ1) is 8.45. The summed E-state index contributed by atoms with van der Waals surface area (Å²) in [6.45, 7) is 7.44. The van der Waals surface area contributed by atoms with E-state index in [4.69, 9.17) is 4.74 Å². The van der Waals surface area contributed by atoms with Crippen molar-refractivity contribution in [3.63, 3.8) is 0 Å². The number of hydrogen-bond donors (Lipinski definition) is 1. The Morgan fingerprint density at radius 1 is 1.56 bits per heavy atom. The number of ether oxygens (including phenoxy) is 1. The maximum Gasteiger partial charge on any atom is 0.341 e. The van der Waals surface area contributed by atoms with Gasteiger partial charge >= 0.3 is 5.97 Å². The van der Waals surface area contributed by atoms with Gasteiger partial charge in [0, 0.05) is 11.4 Å². The molecule has 0 aliphatic heterocycles. The summed E-state index contributed by atoms with van der Waals surface area (Å²) in [7, 11) is 0. The van der Waals surface area contributed by atoms with Crippen molar-refractivity contribution >= 4 is 17.7 Å². The fourth-order valence-electron chi connectivity index (χ4n) is 1.18. The van der Waals surface area contributed by atoms with Gasteiger partial charge in [0.05, 0.1) is 24.0 Å². The van der Waals surface area contributed by atoms with Gasteiger partial charge in [0.15, 0.2) is 5.16 Å². The normalized spacial score (nSPS) is 14.1. The Labute approximate surface area is 111 Å². The fourth-order valence-corrected chi connectivity index (χ4v) is 2.01. The van der Waals surface area contributed by atoms with Crippen LogP contribution >= 0.6 is 11.8 Å². The van der Waals surface area contributed by atoms with E-state index >= 15 is 0 Å². The Balaban J connectivity index is 2.82. The van der Waals surface area contributed by atoms with E-state index in [0.29, 0.717) is 23.0 Å². The standard InChI is InChI=1S/C12H18N2O3S/c1-5-17-11(16)10-6-13-12(14-7(10)2)18-9(4)8(3)15/h6,8-9,15H,5H2,1-4H3. The molecule has 0 spiro atoms. The Morgan fingerprint density at radius 2 is 2.22 bits per heavy atom. The van der Waals surface area contributed by atoms with Gasteiger partial charge in [-0.2, -0.15) is 0 Å². The van der Waals surface area contributed by atoms with Crippen LogP contribution in [0, 0.1) is 6.92 Å². The molecule has 2 unspecified atom stereocenters. The van der Waals surface area contributed by atoms with E-state index in [9.17, 15) is 9.90 Å². The SMILES string of the molecule is CCOC(=O)c1cnc(SC(C)C(C)O)nc1C. The molecule has 1 rings (SSSR count). The molecule has 0 saturated heterocycles. The van der Waals surface area contributed by atoms with Crippen LogP contribution in [0.4, 0.5) is 0 Å². The Bertz CT molecular complexity index is 424. The van der Waals surface area contributed by atoms with E-state index < -0.39 is 12.1 Å². The van der Waals surface area contributed by atoms with Crippen LogP contribution < -0.4 is 0 Å². The monoisotopic (exact) mass is 270 g/mol. The van der Waals surface area contributed by atoms with Gasteiger partial charge in [-0.3, -0.25) is 0 Å². The van der Waals surface area contributed by atoms with Crippen molar-refractivity contribution in [2.45, 2.75) is 44.2 Å². The molecule has 0 aliphatic rings. The molecular weight excluding hydrogens is 252 g/mol. The molecule has 0 amide bonds. The Kier molecular flexibility index (Phi) is 5.55. The molecule has 1 N–H and O–H groups in total. The van der Waals surface area contributed by atoms with Crippen LogP contribution in [-0.4, -0.2) is 39.0 Å². The van der Waals surface area contributed by atoms with Gasteiger partial charge in [-0.15, -0.1) is 0 Å². The summed E-state index contributed by atoms with van der Waals surface area (Å²) in [5.74, 6) is -0.407. The molecule has 5 nitrogen and oxygen atoms in total. The molecule has 6 heteroatoms. The maximum absolute atomic E-state index is 11.6. The summed E-state index contributed by atoms with van der Waals surface area (Å²) in [6.07, 6.45) is 1.03. The van der Waals surface area contributed by atoms with Crippen molar-refractivity contribution in [2.75, 3.05) is 6.61 Å². The lowest BCUT2D eigenvalue weighted by Crippen LogP contribution is -2.16. The van der Waals surface area contributed by atoms with Gasteiger partial charge in [-0.25, -0.2) is 14.8 Å². The minimum absolute atomic E-state index is 0.00200. The van der Waals surface area contributed by atoms with E-state index in [0.717, 1.165) is 0 Å². The predicted molar refractivity (Wildman–Crippen MR) is 69.7 cm³/mol. The average Bonchev–Trinajstić information content (AvgIpc) is 2.29. The van der Waals surface area contributed by atoms with Crippen molar-refractivity contribution in [3.8, 4) is 0 Å². The van der Waals surface area contributed by atoms with Crippen LogP contribution in [-0.2, 0) is 4.74 Å². The summed E-state index contributed by atoms with van der Waals surface area (Å²) >= 11 is 1.38. The highest BCUT2D eigenvalue weighted by Gasteiger charge is 2.16. The molecule has 0 bridgehead atoms. The molecule has 0 radical (unpaired) electrons. The molecule has 2 atom stereocenters. The zero-order chi connectivity index (χ0) is 13.7. The molecule has 1 aromatic heterocycles. The summed E-state index contributed by atoms with van der Waals surface area (Å²) in [5, 5.41) is 9.96. The van der Waals surface area contributed by atoms with Gasteiger partial charge in [-0.05, 0) is 20.8 Å². The van der Waals surface area contributed by atoms with Crippen LogP contribution in [0.1, 0.15) is 36.8 Å². The summed E-state index contributed by atoms with van der Waals surface area (Å²) in [4.78, 5) is 19.9. The predicted octanol–water partition coefficient (Wildman–Crippen LogP) is 1.82. The number of aliphatic hydroxyl groups excluding tert-OH is 1. The van der Waals surface area contributed by atoms with Crippen molar-refractivity contribution in [3.05, 3.63) is 17.5 Å². The van der Waals surface area contributed by atoms with E-state index in [-0.39, 0.29) is 5.25 Å². The van der Waals surface area contributed by atoms with Gasteiger partial charge in [-0.1, -0.05) is 18.7 Å². The zero-order valence-corrected chi connectivity index (χ0v) is 11.8. The van der Waals surface area contributed by atoms with Crippen molar-refractivity contribution in [2.24, 2.45) is 0 Å². The first-order valence-electron chi connectivity index (χ1n) is 5.81. The van der Waals surface area contributed by atoms with Crippen LogP contribution in [0.15, 0.2) is 11.4 Å². The first-order valence-corrected chi connectivity index (χ1v) is 6.69. The summed E-state index contributed by atoms with van der Waals surface area (Å²) in [5.41, 5.74) is 0.967. The fraction of sp³-hybridized carbons (Fsp3) is 0.583. The molecule has 1 heterocycles. The smallest absolute Gasteiger partial charge is 0.341 e. The lowest BCUT2D eigenvalue weighted by molar-refractivity contribution is 0.0524. The summed E-state index contributed by atoms with van der Waals surface area (Å²) in [6, 6.07) is 0. The van der Waals surface area contributed by atoms with E-state index in [1.54, 1.807) is 20.8 Å². The number of carbonyl (C=O) groups is 1. The lowest BCUT2D eigenvalue weighted by Gasteiger charge is -2.13. The van der Waals surface area contributed by atoms with Crippen molar-refractivity contribution in [1.82, 2.24) is 9.97 Å². The van der Waals surface area contributed by atoms with Gasteiger partial charge < -0.3 is 9.84 Å². The molecule has 1 aromatic rings. The number of aromatic nitrogens is 2. The number of hydrogen-bond acceptors (Lipinski definition) is 6. The second-order valence-electron chi connectivity index (χ2n) is 3.94. The average molecular weight is 270 g/mol. The first kappa shape index (κ1) is 14.9. The minimum Gasteiger partial charge on any atom is -0.462 e. The van der Waals surface area contributed by atoms with E-state index in [1.807, 2.05) is 6.92 Å². The van der Waals surface area contributed by atoms with Crippen LogP contribution in [0.2, 0.25) is 0 Å². The van der Waals surface area contributed by atoms with Gasteiger partial charge in [0.25, 0.3) is 0 Å². The molecule has 18 heavy (non-hydrogen) atoms. The van der Waals surface area contributed by atoms with Crippen LogP contribution in [0.3, 0.4) is 0 Å². The van der Waals surface area contributed by atoms with E-state index in [2.05, 4.69) is 9.97 Å². The lowest BCUT2D eigenvalue weighted by atomic mass is 10.2. The highest BCUT2D eigenvalue weighted by Crippen LogP contribution is 2.22. The highest BCUT2D eigenvalue weighted by molar-refractivity contribution is 7.99. The molecule has 0 aliphatic carbocycles. The third-order valence-electron chi connectivity index (χ3n) is 2.42. The number of esters is 1. The maximum atomic E-state index is 11.6. The third-order valence-corrected chi connectivity index (χ3v) is 3.60. The second kappa shape index (κ2) is 6.70. The zero-order valence-electron chi connectivity index (χ0n) is 11.0. The quantitative estimate of drug-likeness (QED) is 0.500. The number of aliphatic hydroxyl groups is 1. The highest BCUT2D eigenvalue weighted by atomic mass is 32.2. The number of thioether (sulfide) groups is 1. The van der Waals surface area contributed by atoms with Crippen LogP contribution in [0.25, 0.3) is 0 Å². The van der Waals surface area contributed by atoms with E-state index in [1.165, 1.54) is 18.0 Å². The molecule has 100 valence electrons. The third kappa shape index (κ3) is 3.96. The van der Waals surface area contributed by atoms with Gasteiger partial charge in [0.2, 0.25) is 0 Å². The molecular formula is C12H18N2O3S. The molecule has 0 fully saturated rings. The number of aryl methyl sites for hydroxylation is 1. The van der Waals surface area contributed by atoms with Gasteiger partial charge in [0.1, 0.15) is 0 Å². The Hall–Kier alpha value is -1.14. The topological polar surface area (TPSA) is 72.3 Å².